The van der Waals surface area contributed by atoms with E-state index in [1.807, 2.05) is 0 Å². The van der Waals surface area contributed by atoms with Crippen LogP contribution in [0.15, 0.2) is 39.5 Å². The monoisotopic (exact) mass is 638 g/mol. The fourth-order valence-corrected chi connectivity index (χ4v) is 5.20. The molecule has 2 aliphatic rings. The molecule has 0 radical (unpaired) electrons. The summed E-state index contributed by atoms with van der Waals surface area (Å²) in [5, 5.41) is 83.1. The molecule has 0 spiro atoms. The summed E-state index contributed by atoms with van der Waals surface area (Å²) in [6.45, 7) is 0.592. The summed E-state index contributed by atoms with van der Waals surface area (Å²) < 4.78 is 39.1. The molecule has 3 aromatic rings. The Morgan fingerprint density at radius 3 is 2.20 bits per heavy atom. The van der Waals surface area contributed by atoms with E-state index in [0.29, 0.717) is 0 Å². The Balaban J connectivity index is 1.63. The molecule has 3 heterocycles. The Labute approximate surface area is 254 Å². The third kappa shape index (κ3) is 5.99. The molecule has 0 saturated carbocycles. The van der Waals surface area contributed by atoms with Crippen molar-refractivity contribution in [2.45, 2.75) is 68.3 Å². The number of phenols is 2. The Bertz CT molecular complexity index is 1570. The summed E-state index contributed by atoms with van der Waals surface area (Å²) in [5.74, 6) is -1.51. The van der Waals surface area contributed by atoms with E-state index in [1.54, 1.807) is 0 Å². The highest BCUT2D eigenvalue weighted by molar-refractivity contribution is 5.88. The van der Waals surface area contributed by atoms with Crippen LogP contribution in [0.2, 0.25) is 0 Å². The minimum Gasteiger partial charge on any atom is -0.507 e. The summed E-state index contributed by atoms with van der Waals surface area (Å²) in [6.07, 6.45) is -16.4. The van der Waals surface area contributed by atoms with E-state index in [-0.39, 0.29) is 39.5 Å². The van der Waals surface area contributed by atoms with Crippen molar-refractivity contribution in [3.63, 3.8) is 0 Å². The minimum atomic E-state index is -1.88. The predicted molar refractivity (Wildman–Crippen MR) is 150 cm³/mol. The van der Waals surface area contributed by atoms with Gasteiger partial charge >= 0.3 is 0 Å². The highest BCUT2D eigenvalue weighted by Crippen LogP contribution is 2.40. The first kappa shape index (κ1) is 32.7. The third-order valence-corrected chi connectivity index (χ3v) is 7.74. The first-order chi connectivity index (χ1) is 21.4. The van der Waals surface area contributed by atoms with Gasteiger partial charge in [0.25, 0.3) is 0 Å². The zero-order valence-electron chi connectivity index (χ0n) is 24.2. The standard InChI is InChI=1S/C29H34O16/c1-10-19(33)22(36)24(38)28(41-10)45-27-23(37)20(34)17(9-30)43-29(27)44-26-21(35)18-14(32)7-12(39-2)8-16(18)42-25(26)11-4-5-15(40-3)13(31)6-11/h4-8,10,17,19-20,22-24,27-34,36-38H,9H2,1-3H3/t10?,17?,19-,20+,22?,23?,24-,27?,28-,29-/m0/s1. The molecule has 16 heteroatoms. The Morgan fingerprint density at radius 1 is 0.822 bits per heavy atom. The number of aliphatic hydroxyl groups is 6. The summed E-state index contributed by atoms with van der Waals surface area (Å²) >= 11 is 0. The van der Waals surface area contributed by atoms with Crippen LogP contribution in [0, 0.1) is 0 Å². The molecular weight excluding hydrogens is 604 g/mol. The fraction of sp³-hybridized carbons (Fsp3) is 0.483. The lowest BCUT2D eigenvalue weighted by molar-refractivity contribution is -0.354. The molecule has 0 amide bonds. The van der Waals surface area contributed by atoms with Gasteiger partial charge in [-0.05, 0) is 25.1 Å². The van der Waals surface area contributed by atoms with E-state index in [9.17, 15) is 45.6 Å². The summed E-state index contributed by atoms with van der Waals surface area (Å²) in [5.41, 5.74) is -0.976. The highest BCUT2D eigenvalue weighted by atomic mass is 16.8. The van der Waals surface area contributed by atoms with Crippen molar-refractivity contribution in [3.05, 3.63) is 40.6 Å². The van der Waals surface area contributed by atoms with Gasteiger partial charge in [-0.15, -0.1) is 0 Å². The van der Waals surface area contributed by atoms with E-state index < -0.39 is 84.9 Å². The van der Waals surface area contributed by atoms with E-state index in [0.717, 1.165) is 6.07 Å². The topological polar surface area (TPSA) is 247 Å². The van der Waals surface area contributed by atoms with Crippen LogP contribution >= 0.6 is 0 Å². The second-order valence-electron chi connectivity index (χ2n) is 10.6. The second kappa shape index (κ2) is 13.0. The van der Waals surface area contributed by atoms with Gasteiger partial charge in [0.15, 0.2) is 29.7 Å². The summed E-state index contributed by atoms with van der Waals surface area (Å²) in [7, 11) is 2.67. The number of fused-ring (bicyclic) bond motifs is 1. The van der Waals surface area contributed by atoms with E-state index in [2.05, 4.69) is 0 Å². The fourth-order valence-electron chi connectivity index (χ4n) is 5.20. The number of hydrogen-bond acceptors (Lipinski definition) is 16. The van der Waals surface area contributed by atoms with Crippen LogP contribution in [0.25, 0.3) is 22.3 Å². The number of aromatic hydroxyl groups is 2. The largest absolute Gasteiger partial charge is 0.507 e. The molecule has 0 bridgehead atoms. The smallest absolute Gasteiger partial charge is 0.239 e. The van der Waals surface area contributed by atoms with Crippen LogP contribution in [-0.4, -0.2) is 123 Å². The van der Waals surface area contributed by atoms with Crippen molar-refractivity contribution >= 4 is 11.0 Å². The molecule has 1 aromatic heterocycles. The zero-order valence-corrected chi connectivity index (χ0v) is 24.2. The van der Waals surface area contributed by atoms with Crippen LogP contribution in [0.5, 0.6) is 28.7 Å². The van der Waals surface area contributed by atoms with Gasteiger partial charge in [0.2, 0.25) is 17.5 Å². The molecule has 2 saturated heterocycles. The molecule has 2 fully saturated rings. The Morgan fingerprint density at radius 2 is 1.56 bits per heavy atom. The quantitative estimate of drug-likeness (QED) is 0.146. The lowest BCUT2D eigenvalue weighted by Gasteiger charge is -2.45. The van der Waals surface area contributed by atoms with Gasteiger partial charge < -0.3 is 73.7 Å². The molecule has 16 nitrogen and oxygen atoms in total. The van der Waals surface area contributed by atoms with Gasteiger partial charge in [0, 0.05) is 17.7 Å². The molecule has 0 aliphatic carbocycles. The predicted octanol–water partition coefficient (Wildman–Crippen LogP) is -1.08. The molecule has 5 unspecified atom stereocenters. The number of rotatable bonds is 8. The lowest BCUT2D eigenvalue weighted by atomic mass is 9.97. The maximum absolute atomic E-state index is 13.9. The van der Waals surface area contributed by atoms with Crippen LogP contribution in [0.3, 0.4) is 0 Å². The molecule has 10 atom stereocenters. The summed E-state index contributed by atoms with van der Waals surface area (Å²) in [6, 6.07) is 6.52. The van der Waals surface area contributed by atoms with E-state index in [4.69, 9.17) is 32.8 Å². The van der Waals surface area contributed by atoms with Gasteiger partial charge in [-0.3, -0.25) is 4.79 Å². The number of ether oxygens (including phenoxy) is 6. The molecule has 2 aliphatic heterocycles. The van der Waals surface area contributed by atoms with Crippen molar-refractivity contribution in [2.24, 2.45) is 0 Å². The average molecular weight is 639 g/mol. The van der Waals surface area contributed by atoms with Gasteiger partial charge in [0.05, 0.1) is 26.9 Å². The maximum atomic E-state index is 13.9. The van der Waals surface area contributed by atoms with E-state index >= 15 is 0 Å². The van der Waals surface area contributed by atoms with Crippen molar-refractivity contribution in [2.75, 3.05) is 20.8 Å². The third-order valence-electron chi connectivity index (χ3n) is 7.74. The van der Waals surface area contributed by atoms with Crippen molar-refractivity contribution < 1.29 is 73.7 Å². The molecule has 45 heavy (non-hydrogen) atoms. The number of aliphatic hydroxyl groups excluding tert-OH is 6. The van der Waals surface area contributed by atoms with Gasteiger partial charge in [-0.25, -0.2) is 0 Å². The first-order valence-corrected chi connectivity index (χ1v) is 13.8. The Hall–Kier alpha value is -3.71. The number of methoxy groups -OCH3 is 2. The molecule has 246 valence electrons. The number of phenolic OH excluding ortho intramolecular Hbond substituents is 2. The zero-order chi connectivity index (χ0) is 32.7. The van der Waals surface area contributed by atoms with Gasteiger partial charge in [-0.1, -0.05) is 0 Å². The van der Waals surface area contributed by atoms with E-state index in [1.165, 1.54) is 45.4 Å². The number of hydrogen-bond donors (Lipinski definition) is 8. The normalized spacial score (nSPS) is 31.9. The second-order valence-corrected chi connectivity index (χ2v) is 10.6. The molecular formula is C29H34O16. The molecule has 8 N–H and O–H groups in total. The van der Waals surface area contributed by atoms with Crippen LogP contribution < -0.4 is 19.6 Å². The van der Waals surface area contributed by atoms with Gasteiger partial charge in [-0.2, -0.15) is 0 Å². The minimum absolute atomic E-state index is 0.0918. The SMILES string of the molecule is COc1cc(O)c2c(=O)c(O[C@@H]3OC(CO)[C@@H](O)C(O)C3O[C@@H]3OC(C)[C@H](O)C(O)[C@@H]3O)c(-c3ccc(OC)c(O)c3)oc2c1. The van der Waals surface area contributed by atoms with Crippen LogP contribution in [-0.2, 0) is 14.2 Å². The Kier molecular flexibility index (Phi) is 9.41. The van der Waals surface area contributed by atoms with Gasteiger partial charge in [0.1, 0.15) is 59.1 Å². The molecule has 2 aromatic carbocycles. The highest BCUT2D eigenvalue weighted by Gasteiger charge is 2.51. The maximum Gasteiger partial charge on any atom is 0.239 e. The molecule has 5 rings (SSSR count). The average Bonchev–Trinajstić information content (AvgIpc) is 3.02. The van der Waals surface area contributed by atoms with Crippen LogP contribution in [0.4, 0.5) is 0 Å². The lowest BCUT2D eigenvalue weighted by Crippen LogP contribution is -2.64. The van der Waals surface area contributed by atoms with Crippen molar-refractivity contribution in [3.8, 4) is 40.1 Å². The van der Waals surface area contributed by atoms with Crippen LogP contribution in [0.1, 0.15) is 6.92 Å². The van der Waals surface area contributed by atoms with Crippen molar-refractivity contribution in [1.29, 1.82) is 0 Å². The summed E-state index contributed by atoms with van der Waals surface area (Å²) in [4.78, 5) is 13.9. The first-order valence-electron chi connectivity index (χ1n) is 13.8. The number of benzene rings is 2. The van der Waals surface area contributed by atoms with Crippen molar-refractivity contribution in [1.82, 2.24) is 0 Å².